The molecule has 0 aromatic heterocycles. The van der Waals surface area contributed by atoms with Gasteiger partial charge in [-0.15, -0.1) is 0 Å². The van der Waals surface area contributed by atoms with Gasteiger partial charge in [-0.2, -0.15) is 0 Å². The predicted octanol–water partition coefficient (Wildman–Crippen LogP) is 1.67. The second-order valence-electron chi connectivity index (χ2n) is 4.84. The highest BCUT2D eigenvalue weighted by Gasteiger charge is 2.23. The molecule has 2 N–H and O–H groups in total. The van der Waals surface area contributed by atoms with Crippen LogP contribution in [-0.4, -0.2) is 37.0 Å². The average Bonchev–Trinajstić information content (AvgIpc) is 2.82. The van der Waals surface area contributed by atoms with Crippen molar-refractivity contribution in [2.24, 2.45) is 0 Å². The van der Waals surface area contributed by atoms with Gasteiger partial charge < -0.3 is 15.2 Å². The van der Waals surface area contributed by atoms with Crippen LogP contribution in [0.3, 0.4) is 0 Å². The molecule has 104 valence electrons. The molecule has 19 heavy (non-hydrogen) atoms. The minimum atomic E-state index is -0.360. The molecule has 0 spiro atoms. The summed E-state index contributed by atoms with van der Waals surface area (Å²) in [6, 6.07) is 7.97. The van der Waals surface area contributed by atoms with E-state index in [9.17, 15) is 9.90 Å². The van der Waals surface area contributed by atoms with E-state index >= 15 is 0 Å². The molecule has 2 atom stereocenters. The van der Waals surface area contributed by atoms with Crippen molar-refractivity contribution in [3.05, 3.63) is 29.8 Å². The molecular formula is C14H20N2O3. The van der Waals surface area contributed by atoms with Crippen molar-refractivity contribution in [3.8, 4) is 0 Å². The number of aliphatic hydroxyl groups excluding tert-OH is 1. The predicted molar refractivity (Wildman–Crippen MR) is 73.2 cm³/mol. The zero-order chi connectivity index (χ0) is 13.8. The Kier molecular flexibility index (Phi) is 4.39. The van der Waals surface area contributed by atoms with E-state index in [4.69, 9.17) is 4.74 Å². The standard InChI is InChI=1S/C14H20N2O3/c1-10(17)9-15-11(2)12-3-5-13(6-4-12)16-7-8-19-14(16)18/h3-6,10-11,15,17H,7-9H2,1-2H3. The lowest BCUT2D eigenvalue weighted by Gasteiger charge is -2.17. The summed E-state index contributed by atoms with van der Waals surface area (Å²) in [5, 5.41) is 12.5. The van der Waals surface area contributed by atoms with Crippen molar-refractivity contribution in [2.75, 3.05) is 24.6 Å². The Hall–Kier alpha value is -1.59. The Bertz CT molecular complexity index is 431. The summed E-state index contributed by atoms with van der Waals surface area (Å²) in [6.45, 7) is 5.41. The maximum absolute atomic E-state index is 11.4. The minimum absolute atomic E-state index is 0.161. The smallest absolute Gasteiger partial charge is 0.414 e. The van der Waals surface area contributed by atoms with Gasteiger partial charge in [-0.3, -0.25) is 4.90 Å². The van der Waals surface area contributed by atoms with Crippen molar-refractivity contribution in [1.82, 2.24) is 5.32 Å². The molecule has 5 heteroatoms. The molecule has 0 saturated carbocycles. The lowest BCUT2D eigenvalue weighted by molar-refractivity contribution is 0.181. The number of amides is 1. The first-order chi connectivity index (χ1) is 9.08. The van der Waals surface area contributed by atoms with Crippen LogP contribution in [0.25, 0.3) is 0 Å². The van der Waals surface area contributed by atoms with Crippen LogP contribution in [-0.2, 0) is 4.74 Å². The van der Waals surface area contributed by atoms with E-state index in [-0.39, 0.29) is 18.2 Å². The van der Waals surface area contributed by atoms with E-state index in [0.717, 1.165) is 11.3 Å². The van der Waals surface area contributed by atoms with Crippen molar-refractivity contribution >= 4 is 11.8 Å². The van der Waals surface area contributed by atoms with Gasteiger partial charge in [-0.05, 0) is 31.5 Å². The maximum Gasteiger partial charge on any atom is 0.414 e. The van der Waals surface area contributed by atoms with Gasteiger partial charge in [-0.25, -0.2) is 4.79 Å². The molecule has 0 radical (unpaired) electrons. The Morgan fingerprint density at radius 2 is 2.05 bits per heavy atom. The molecule has 1 saturated heterocycles. The lowest BCUT2D eigenvalue weighted by atomic mass is 10.1. The monoisotopic (exact) mass is 264 g/mol. The summed E-state index contributed by atoms with van der Waals surface area (Å²) in [5.41, 5.74) is 1.98. The molecule has 2 rings (SSSR count). The van der Waals surface area contributed by atoms with Crippen molar-refractivity contribution in [3.63, 3.8) is 0 Å². The van der Waals surface area contributed by atoms with E-state index in [0.29, 0.717) is 19.7 Å². The zero-order valence-corrected chi connectivity index (χ0v) is 11.3. The van der Waals surface area contributed by atoms with Crippen LogP contribution in [0.2, 0.25) is 0 Å². The molecular weight excluding hydrogens is 244 g/mol. The van der Waals surface area contributed by atoms with Gasteiger partial charge in [0, 0.05) is 18.3 Å². The first-order valence-corrected chi connectivity index (χ1v) is 6.53. The number of ether oxygens (including phenoxy) is 1. The molecule has 5 nitrogen and oxygen atoms in total. The summed E-state index contributed by atoms with van der Waals surface area (Å²) >= 11 is 0. The normalized spacial score (nSPS) is 18.3. The van der Waals surface area contributed by atoms with Gasteiger partial charge in [0.1, 0.15) is 6.61 Å². The van der Waals surface area contributed by atoms with Gasteiger partial charge in [0.15, 0.2) is 0 Å². The van der Waals surface area contributed by atoms with Gasteiger partial charge in [0.05, 0.1) is 12.6 Å². The molecule has 0 aliphatic carbocycles. The Balaban J connectivity index is 1.99. The number of carbonyl (C=O) groups excluding carboxylic acids is 1. The number of nitrogens with one attached hydrogen (secondary N) is 1. The van der Waals surface area contributed by atoms with E-state index in [1.165, 1.54) is 0 Å². The molecule has 1 aromatic rings. The second-order valence-corrected chi connectivity index (χ2v) is 4.84. The van der Waals surface area contributed by atoms with Crippen LogP contribution < -0.4 is 10.2 Å². The quantitative estimate of drug-likeness (QED) is 0.849. The molecule has 1 aromatic carbocycles. The SMILES string of the molecule is CC(O)CNC(C)c1ccc(N2CCOC2=O)cc1. The van der Waals surface area contributed by atoms with Gasteiger partial charge in [0.25, 0.3) is 0 Å². The third-order valence-corrected chi connectivity index (χ3v) is 3.19. The molecule has 0 bridgehead atoms. The third kappa shape index (κ3) is 3.45. The van der Waals surface area contributed by atoms with Crippen molar-refractivity contribution in [1.29, 1.82) is 0 Å². The van der Waals surface area contributed by atoms with Gasteiger partial charge in [0.2, 0.25) is 0 Å². The fourth-order valence-electron chi connectivity index (χ4n) is 2.04. The Morgan fingerprint density at radius 3 is 2.58 bits per heavy atom. The number of carbonyl (C=O) groups is 1. The number of nitrogens with zero attached hydrogens (tertiary/aromatic N) is 1. The molecule has 1 fully saturated rings. The van der Waals surface area contributed by atoms with E-state index in [1.807, 2.05) is 31.2 Å². The highest BCUT2D eigenvalue weighted by Crippen LogP contribution is 2.21. The minimum Gasteiger partial charge on any atom is -0.447 e. The van der Waals surface area contributed by atoms with Crippen LogP contribution in [0.15, 0.2) is 24.3 Å². The van der Waals surface area contributed by atoms with Gasteiger partial charge in [-0.1, -0.05) is 12.1 Å². The van der Waals surface area contributed by atoms with Crippen LogP contribution in [0.4, 0.5) is 10.5 Å². The Morgan fingerprint density at radius 1 is 1.37 bits per heavy atom. The van der Waals surface area contributed by atoms with Crippen LogP contribution >= 0.6 is 0 Å². The lowest BCUT2D eigenvalue weighted by Crippen LogP contribution is -2.27. The zero-order valence-electron chi connectivity index (χ0n) is 11.3. The van der Waals surface area contributed by atoms with E-state index < -0.39 is 0 Å². The number of hydrogen-bond acceptors (Lipinski definition) is 4. The average molecular weight is 264 g/mol. The van der Waals surface area contributed by atoms with E-state index in [2.05, 4.69) is 5.32 Å². The highest BCUT2D eigenvalue weighted by molar-refractivity contribution is 5.89. The number of cyclic esters (lactones) is 1. The third-order valence-electron chi connectivity index (χ3n) is 3.19. The topological polar surface area (TPSA) is 61.8 Å². The number of rotatable bonds is 5. The van der Waals surface area contributed by atoms with Crippen molar-refractivity contribution in [2.45, 2.75) is 26.0 Å². The van der Waals surface area contributed by atoms with Crippen LogP contribution in [0, 0.1) is 0 Å². The first kappa shape index (κ1) is 13.8. The summed E-state index contributed by atoms with van der Waals surface area (Å²) in [6.07, 6.45) is -0.644. The molecule has 1 amide bonds. The summed E-state index contributed by atoms with van der Waals surface area (Å²) < 4.78 is 4.91. The van der Waals surface area contributed by atoms with Crippen LogP contribution in [0.5, 0.6) is 0 Å². The summed E-state index contributed by atoms with van der Waals surface area (Å²) in [7, 11) is 0. The molecule has 1 heterocycles. The molecule has 1 aliphatic rings. The van der Waals surface area contributed by atoms with Gasteiger partial charge >= 0.3 is 6.09 Å². The first-order valence-electron chi connectivity index (χ1n) is 6.53. The van der Waals surface area contributed by atoms with Crippen LogP contribution in [0.1, 0.15) is 25.5 Å². The number of hydrogen-bond donors (Lipinski definition) is 2. The number of anilines is 1. The van der Waals surface area contributed by atoms with E-state index in [1.54, 1.807) is 11.8 Å². The fraction of sp³-hybridized carbons (Fsp3) is 0.500. The number of benzene rings is 1. The fourth-order valence-corrected chi connectivity index (χ4v) is 2.04. The number of aliphatic hydroxyl groups is 1. The van der Waals surface area contributed by atoms with Crippen molar-refractivity contribution < 1.29 is 14.6 Å². The largest absolute Gasteiger partial charge is 0.447 e. The summed E-state index contributed by atoms with van der Waals surface area (Å²) in [5.74, 6) is 0. The second kappa shape index (κ2) is 6.04. The molecule has 1 aliphatic heterocycles. The Labute approximate surface area is 113 Å². The highest BCUT2D eigenvalue weighted by atomic mass is 16.6. The maximum atomic E-state index is 11.4. The molecule has 2 unspecified atom stereocenters. The summed E-state index contributed by atoms with van der Waals surface area (Å²) in [4.78, 5) is 13.1.